The predicted octanol–water partition coefficient (Wildman–Crippen LogP) is 4.70. The second-order valence-electron chi connectivity index (χ2n) is 8.97. The van der Waals surface area contributed by atoms with Crippen LogP contribution >= 0.6 is 0 Å². The van der Waals surface area contributed by atoms with Crippen LogP contribution in [0.1, 0.15) is 67.2 Å². The number of aliphatic hydroxyl groups is 1. The van der Waals surface area contributed by atoms with E-state index in [1.54, 1.807) is 20.8 Å². The first kappa shape index (κ1) is 21.0. The zero-order valence-electron chi connectivity index (χ0n) is 16.3. The third-order valence-corrected chi connectivity index (χ3v) is 5.71. The summed E-state index contributed by atoms with van der Waals surface area (Å²) in [6, 6.07) is 0. The van der Waals surface area contributed by atoms with Gasteiger partial charge in [0.05, 0.1) is 5.92 Å². The highest BCUT2D eigenvalue weighted by molar-refractivity contribution is 5.92. The van der Waals surface area contributed by atoms with Gasteiger partial charge in [0.2, 0.25) is 0 Å². The Balaban J connectivity index is 2.39. The van der Waals surface area contributed by atoms with Crippen molar-refractivity contribution < 1.29 is 27.8 Å². The van der Waals surface area contributed by atoms with Crippen molar-refractivity contribution in [3.05, 3.63) is 0 Å². The van der Waals surface area contributed by atoms with E-state index in [2.05, 4.69) is 5.10 Å². The molecule has 150 valence electrons. The Labute approximate surface area is 152 Å². The molecule has 1 heterocycles. The highest BCUT2D eigenvalue weighted by Gasteiger charge is 2.70. The molecule has 8 heteroatoms. The Morgan fingerprint density at radius 3 is 2.35 bits per heavy atom. The topological polar surface area (TPSA) is 62.1 Å². The zero-order valence-corrected chi connectivity index (χ0v) is 16.3. The van der Waals surface area contributed by atoms with E-state index in [1.165, 1.54) is 0 Å². The molecular formula is C18H29F3N2O3. The van der Waals surface area contributed by atoms with Crippen molar-refractivity contribution in [2.45, 2.75) is 84.7 Å². The van der Waals surface area contributed by atoms with Crippen LogP contribution in [-0.2, 0) is 4.74 Å². The van der Waals surface area contributed by atoms with E-state index in [4.69, 9.17) is 4.74 Å². The van der Waals surface area contributed by atoms with E-state index in [-0.39, 0.29) is 28.5 Å². The summed E-state index contributed by atoms with van der Waals surface area (Å²) < 4.78 is 46.7. The largest absolute Gasteiger partial charge is 0.442 e. The maximum Gasteiger partial charge on any atom is 0.439 e. The van der Waals surface area contributed by atoms with Crippen LogP contribution in [0.3, 0.4) is 0 Å². The maximum absolute atomic E-state index is 13.9. The SMILES string of the molecule is CCC(C)(C)[C@@H]1CCC2=NN(C(=O)OC(C)(C)C)[C@](O)(C(F)(F)F)[C@@H]2C1. The van der Waals surface area contributed by atoms with Crippen molar-refractivity contribution >= 4 is 11.8 Å². The number of nitrogens with zero attached hydrogens (tertiary/aromatic N) is 2. The van der Waals surface area contributed by atoms with Gasteiger partial charge in [-0.25, -0.2) is 4.79 Å². The van der Waals surface area contributed by atoms with Crippen LogP contribution in [0.2, 0.25) is 0 Å². The van der Waals surface area contributed by atoms with Gasteiger partial charge < -0.3 is 9.84 Å². The number of carbonyl (C=O) groups is 1. The number of amides is 1. The van der Waals surface area contributed by atoms with Crippen molar-refractivity contribution in [3.63, 3.8) is 0 Å². The first-order chi connectivity index (χ1) is 11.6. The van der Waals surface area contributed by atoms with Crippen LogP contribution < -0.4 is 0 Å². The summed E-state index contributed by atoms with van der Waals surface area (Å²) in [5.41, 5.74) is -4.30. The van der Waals surface area contributed by atoms with Crippen molar-refractivity contribution in [2.24, 2.45) is 22.4 Å². The van der Waals surface area contributed by atoms with Crippen LogP contribution in [0.25, 0.3) is 0 Å². The minimum Gasteiger partial charge on any atom is -0.442 e. The van der Waals surface area contributed by atoms with Gasteiger partial charge in [0.15, 0.2) is 0 Å². The fraction of sp³-hybridized carbons (Fsp3) is 0.889. The lowest BCUT2D eigenvalue weighted by atomic mass is 9.64. The highest BCUT2D eigenvalue weighted by Crippen LogP contribution is 2.52. The van der Waals surface area contributed by atoms with Gasteiger partial charge in [0.1, 0.15) is 5.60 Å². The number of carbonyl (C=O) groups excluding carboxylic acids is 1. The third-order valence-electron chi connectivity index (χ3n) is 5.71. The monoisotopic (exact) mass is 378 g/mol. The Morgan fingerprint density at radius 2 is 1.88 bits per heavy atom. The number of fused-ring (bicyclic) bond motifs is 1. The summed E-state index contributed by atoms with van der Waals surface area (Å²) in [5, 5.41) is 14.7. The summed E-state index contributed by atoms with van der Waals surface area (Å²) in [6.07, 6.45) is -4.36. The fourth-order valence-corrected chi connectivity index (χ4v) is 3.70. The van der Waals surface area contributed by atoms with Crippen LogP contribution in [0, 0.1) is 17.3 Å². The minimum atomic E-state index is -5.04. The van der Waals surface area contributed by atoms with Gasteiger partial charge in [-0.05, 0) is 51.4 Å². The molecule has 5 nitrogen and oxygen atoms in total. The Bertz CT molecular complexity index is 595. The standard InChI is InChI=1S/C18H29F3N2O3/c1-7-16(5,6)11-8-9-13-12(10-11)17(25,18(19,20)21)23(22-13)14(24)26-15(2,3)4/h11-12,25H,7-10H2,1-6H3/t11-,12-,17-/m1/s1. The average Bonchev–Trinajstić information content (AvgIpc) is 2.79. The number of rotatable bonds is 2. The maximum atomic E-state index is 13.9. The number of hydrazone groups is 1. The number of halogens is 3. The van der Waals surface area contributed by atoms with Gasteiger partial charge in [-0.1, -0.05) is 27.2 Å². The molecule has 0 aromatic carbocycles. The Hall–Kier alpha value is -1.31. The van der Waals surface area contributed by atoms with E-state index >= 15 is 0 Å². The van der Waals surface area contributed by atoms with Gasteiger partial charge in [-0.2, -0.15) is 23.3 Å². The van der Waals surface area contributed by atoms with Crippen molar-refractivity contribution in [1.29, 1.82) is 0 Å². The van der Waals surface area contributed by atoms with Crippen molar-refractivity contribution in [1.82, 2.24) is 5.01 Å². The summed E-state index contributed by atoms with van der Waals surface area (Å²) in [4.78, 5) is 12.3. The van der Waals surface area contributed by atoms with E-state index in [1.807, 2.05) is 20.8 Å². The molecule has 1 aliphatic carbocycles. The molecule has 0 spiro atoms. The van der Waals surface area contributed by atoms with Gasteiger partial charge >= 0.3 is 12.3 Å². The van der Waals surface area contributed by atoms with E-state index in [0.29, 0.717) is 12.8 Å². The number of hydrogen-bond acceptors (Lipinski definition) is 4. The molecule has 1 saturated carbocycles. The lowest BCUT2D eigenvalue weighted by Crippen LogP contribution is -2.62. The molecule has 0 bridgehead atoms. The zero-order chi connectivity index (χ0) is 20.1. The second-order valence-corrected chi connectivity index (χ2v) is 8.97. The van der Waals surface area contributed by atoms with Gasteiger partial charge in [-0.15, -0.1) is 0 Å². The molecular weight excluding hydrogens is 349 g/mol. The van der Waals surface area contributed by atoms with Gasteiger partial charge in [-0.3, -0.25) is 0 Å². The summed E-state index contributed by atoms with van der Waals surface area (Å²) in [5.74, 6) is -1.26. The molecule has 0 aromatic rings. The van der Waals surface area contributed by atoms with E-state index < -0.39 is 29.5 Å². The fourth-order valence-electron chi connectivity index (χ4n) is 3.70. The Kier molecular flexibility index (Phi) is 5.16. The average molecular weight is 378 g/mol. The van der Waals surface area contributed by atoms with Gasteiger partial charge in [0, 0.05) is 5.71 Å². The van der Waals surface area contributed by atoms with Crippen molar-refractivity contribution in [2.75, 3.05) is 0 Å². The first-order valence-corrected chi connectivity index (χ1v) is 9.03. The molecule has 1 aliphatic heterocycles. The molecule has 0 aromatic heterocycles. The second kappa shape index (κ2) is 6.39. The molecule has 2 rings (SSSR count). The molecule has 1 fully saturated rings. The molecule has 2 aliphatic rings. The molecule has 26 heavy (non-hydrogen) atoms. The van der Waals surface area contributed by atoms with Crippen LogP contribution in [0.4, 0.5) is 18.0 Å². The Morgan fingerprint density at radius 1 is 1.31 bits per heavy atom. The summed E-state index contributed by atoms with van der Waals surface area (Å²) >= 11 is 0. The van der Waals surface area contributed by atoms with Gasteiger partial charge in [0.25, 0.3) is 5.72 Å². The predicted molar refractivity (Wildman–Crippen MR) is 91.4 cm³/mol. The molecule has 0 unspecified atom stereocenters. The van der Waals surface area contributed by atoms with Crippen molar-refractivity contribution in [3.8, 4) is 0 Å². The lowest BCUT2D eigenvalue weighted by molar-refractivity contribution is -0.317. The molecule has 1 N–H and O–H groups in total. The molecule has 0 radical (unpaired) electrons. The first-order valence-electron chi connectivity index (χ1n) is 9.03. The van der Waals surface area contributed by atoms with Crippen LogP contribution in [0.15, 0.2) is 5.10 Å². The minimum absolute atomic E-state index is 0.00362. The molecule has 0 saturated heterocycles. The normalized spacial score (nSPS) is 30.1. The highest BCUT2D eigenvalue weighted by atomic mass is 19.4. The summed E-state index contributed by atoms with van der Waals surface area (Å²) in [6.45, 7) is 10.7. The number of hydrogen-bond donors (Lipinski definition) is 1. The lowest BCUT2D eigenvalue weighted by Gasteiger charge is -2.43. The van der Waals surface area contributed by atoms with Crippen LogP contribution in [-0.4, -0.2) is 39.4 Å². The molecule has 1 amide bonds. The molecule has 3 atom stereocenters. The van der Waals surface area contributed by atoms with E-state index in [0.717, 1.165) is 6.42 Å². The summed E-state index contributed by atoms with van der Waals surface area (Å²) in [7, 11) is 0. The van der Waals surface area contributed by atoms with E-state index in [9.17, 15) is 23.1 Å². The van der Waals surface area contributed by atoms with Crippen LogP contribution in [0.5, 0.6) is 0 Å². The smallest absolute Gasteiger partial charge is 0.439 e. The number of ether oxygens (including phenoxy) is 1. The number of alkyl halides is 3. The third kappa shape index (κ3) is 3.57. The quantitative estimate of drug-likeness (QED) is 0.758.